The second-order valence-electron chi connectivity index (χ2n) is 4.46. The van der Waals surface area contributed by atoms with Crippen molar-refractivity contribution in [2.45, 2.75) is 38.0 Å². The van der Waals surface area contributed by atoms with E-state index in [9.17, 15) is 0 Å². The van der Waals surface area contributed by atoms with Crippen LogP contribution in [0.5, 0.6) is 0 Å². The van der Waals surface area contributed by atoms with Gasteiger partial charge in [0.2, 0.25) is 0 Å². The van der Waals surface area contributed by atoms with Crippen molar-refractivity contribution in [3.05, 3.63) is 15.9 Å². The van der Waals surface area contributed by atoms with Crippen LogP contribution in [0.2, 0.25) is 0 Å². The summed E-state index contributed by atoms with van der Waals surface area (Å²) in [5, 5.41) is 7.78. The van der Waals surface area contributed by atoms with Crippen molar-refractivity contribution in [3.63, 3.8) is 0 Å². The van der Waals surface area contributed by atoms with Crippen molar-refractivity contribution in [2.75, 3.05) is 0 Å². The molecule has 0 radical (unpaired) electrons. The fraction of sp³-hybridized carbons (Fsp3) is 0.600. The van der Waals surface area contributed by atoms with Gasteiger partial charge in [0.05, 0.1) is 11.0 Å². The second kappa shape index (κ2) is 4.07. The molecule has 4 nitrogen and oxygen atoms in total. The molecule has 6 heteroatoms. The van der Waals surface area contributed by atoms with Gasteiger partial charge in [-0.1, -0.05) is 10.3 Å². The van der Waals surface area contributed by atoms with Gasteiger partial charge < -0.3 is 9.36 Å². The third-order valence-electron chi connectivity index (χ3n) is 2.47. The van der Waals surface area contributed by atoms with Crippen molar-refractivity contribution in [3.8, 4) is 0 Å². The molecule has 0 bridgehead atoms. The van der Waals surface area contributed by atoms with Crippen molar-refractivity contribution < 1.29 is 9.36 Å². The normalized spacial score (nSPS) is 20.4. The molecule has 0 aromatic carbocycles. The molecule has 0 amide bonds. The maximum Gasteiger partial charge on any atom is 0.154 e. The molecule has 0 fully saturated rings. The molecule has 0 saturated heterocycles. The van der Waals surface area contributed by atoms with Crippen LogP contribution in [0.25, 0.3) is 0 Å². The minimum atomic E-state index is -0.242. The van der Waals surface area contributed by atoms with Gasteiger partial charge in [-0.3, -0.25) is 0 Å². The van der Waals surface area contributed by atoms with Gasteiger partial charge in [-0.15, -0.1) is 0 Å². The number of oxime groups is 1. The molecule has 88 valence electrons. The first-order chi connectivity index (χ1) is 7.41. The Morgan fingerprint density at radius 3 is 2.62 bits per heavy atom. The molecule has 2 rings (SSSR count). The van der Waals surface area contributed by atoms with Crippen molar-refractivity contribution in [2.24, 2.45) is 5.16 Å². The number of aromatic nitrogens is 1. The summed E-state index contributed by atoms with van der Waals surface area (Å²) in [4.78, 5) is 5.32. The highest BCUT2D eigenvalue weighted by Gasteiger charge is 2.34. The molecule has 1 aromatic heterocycles. The quantitative estimate of drug-likeness (QED) is 0.853. The van der Waals surface area contributed by atoms with Crippen molar-refractivity contribution in [1.82, 2.24) is 5.16 Å². The van der Waals surface area contributed by atoms with Crippen molar-refractivity contribution in [1.29, 1.82) is 0 Å². The molecule has 1 atom stereocenters. The fourth-order valence-electron chi connectivity index (χ4n) is 1.65. The lowest BCUT2D eigenvalue weighted by atomic mass is 9.98. The number of thiol groups is 1. The first-order valence-corrected chi connectivity index (χ1v) is 6.26. The lowest BCUT2D eigenvalue weighted by molar-refractivity contribution is 0.0123. The smallest absolute Gasteiger partial charge is 0.154 e. The molecule has 0 spiro atoms. The Labute approximate surface area is 108 Å². The average molecular weight is 305 g/mol. The summed E-state index contributed by atoms with van der Waals surface area (Å²) in [6, 6.07) is 0. The van der Waals surface area contributed by atoms with E-state index in [1.54, 1.807) is 0 Å². The highest BCUT2D eigenvalue weighted by molar-refractivity contribution is 9.10. The van der Waals surface area contributed by atoms with Gasteiger partial charge in [-0.05, 0) is 36.7 Å². The van der Waals surface area contributed by atoms with Gasteiger partial charge in [0.15, 0.2) is 4.60 Å². The van der Waals surface area contributed by atoms with E-state index in [-0.39, 0.29) is 10.9 Å². The van der Waals surface area contributed by atoms with Crippen LogP contribution in [-0.2, 0) is 4.84 Å². The van der Waals surface area contributed by atoms with E-state index < -0.39 is 0 Å². The highest BCUT2D eigenvalue weighted by atomic mass is 79.9. The number of nitrogens with zero attached hydrogens (tertiary/aromatic N) is 2. The lowest BCUT2D eigenvalue weighted by Gasteiger charge is -2.14. The van der Waals surface area contributed by atoms with Gasteiger partial charge >= 0.3 is 0 Å². The predicted molar refractivity (Wildman–Crippen MR) is 67.9 cm³/mol. The summed E-state index contributed by atoms with van der Waals surface area (Å²) in [5.41, 5.74) is 1.58. The summed E-state index contributed by atoms with van der Waals surface area (Å²) in [7, 11) is 0. The third-order valence-corrected chi connectivity index (χ3v) is 3.60. The summed E-state index contributed by atoms with van der Waals surface area (Å²) in [6.45, 7) is 5.86. The van der Waals surface area contributed by atoms with Crippen LogP contribution in [0, 0.1) is 6.92 Å². The predicted octanol–water partition coefficient (Wildman–Crippen LogP) is 3.27. The molecule has 0 N–H and O–H groups in total. The van der Waals surface area contributed by atoms with Crippen LogP contribution in [0.3, 0.4) is 0 Å². The summed E-state index contributed by atoms with van der Waals surface area (Å²) >= 11 is 7.90. The molecule has 1 unspecified atom stereocenters. The number of aryl methyl sites for hydroxylation is 1. The third kappa shape index (κ3) is 2.13. The Bertz CT molecular complexity index is 423. The molecule has 0 aliphatic carbocycles. The van der Waals surface area contributed by atoms with Crippen LogP contribution in [0.1, 0.15) is 36.8 Å². The van der Waals surface area contributed by atoms with E-state index in [0.717, 1.165) is 23.5 Å². The molecular formula is C10H13BrN2O2S. The van der Waals surface area contributed by atoms with Crippen LogP contribution >= 0.6 is 28.6 Å². The van der Waals surface area contributed by atoms with E-state index in [1.165, 1.54) is 0 Å². The van der Waals surface area contributed by atoms with E-state index in [0.29, 0.717) is 4.60 Å². The van der Waals surface area contributed by atoms with E-state index in [4.69, 9.17) is 9.36 Å². The second-order valence-corrected chi connectivity index (χ2v) is 5.72. The molecule has 0 saturated carbocycles. The summed E-state index contributed by atoms with van der Waals surface area (Å²) < 4.78 is 5.76. The van der Waals surface area contributed by atoms with Gasteiger partial charge in [0.1, 0.15) is 11.4 Å². The van der Waals surface area contributed by atoms with Crippen LogP contribution < -0.4 is 0 Å². The van der Waals surface area contributed by atoms with Gasteiger partial charge in [0.25, 0.3) is 0 Å². The zero-order valence-corrected chi connectivity index (χ0v) is 11.8. The molecule has 16 heavy (non-hydrogen) atoms. The van der Waals surface area contributed by atoms with Gasteiger partial charge in [-0.25, -0.2) is 0 Å². The Balaban J connectivity index is 2.24. The van der Waals surface area contributed by atoms with Gasteiger partial charge in [-0.2, -0.15) is 12.6 Å². The monoisotopic (exact) mass is 304 g/mol. The van der Waals surface area contributed by atoms with Crippen LogP contribution in [0.15, 0.2) is 14.3 Å². The minimum absolute atomic E-state index is 0.137. The number of hydrogen-bond donors (Lipinski definition) is 1. The number of hydrogen-bond acceptors (Lipinski definition) is 5. The van der Waals surface area contributed by atoms with E-state index in [1.807, 2.05) is 20.8 Å². The zero-order valence-electron chi connectivity index (χ0n) is 9.32. The Kier molecular flexibility index (Phi) is 3.05. The van der Waals surface area contributed by atoms with E-state index >= 15 is 0 Å². The van der Waals surface area contributed by atoms with Crippen molar-refractivity contribution >= 4 is 34.3 Å². The van der Waals surface area contributed by atoms with Crippen LogP contribution in [-0.4, -0.2) is 16.5 Å². The van der Waals surface area contributed by atoms with Gasteiger partial charge in [0, 0.05) is 12.0 Å². The minimum Gasteiger partial charge on any atom is -0.389 e. The fourth-order valence-corrected chi connectivity index (χ4v) is 2.85. The molecular weight excluding hydrogens is 292 g/mol. The first kappa shape index (κ1) is 12.0. The Morgan fingerprint density at radius 2 is 2.19 bits per heavy atom. The zero-order chi connectivity index (χ0) is 11.9. The molecule has 2 heterocycles. The van der Waals surface area contributed by atoms with E-state index in [2.05, 4.69) is 38.9 Å². The maximum absolute atomic E-state index is 5.32. The summed E-state index contributed by atoms with van der Waals surface area (Å²) in [6.07, 6.45) is 0.762. The standard InChI is InChI=1S/C10H13BrN2O2S/c1-5-7(9(11)13-14-5)8(16)6-4-10(2,3)15-12-6/h8,16H,4H2,1-3H3. The molecule has 1 aliphatic rings. The number of halogens is 1. The first-order valence-electron chi connectivity index (χ1n) is 4.95. The SMILES string of the molecule is Cc1onc(Br)c1C(S)C1=NOC(C)(C)C1. The Morgan fingerprint density at radius 1 is 1.50 bits per heavy atom. The lowest BCUT2D eigenvalue weighted by Crippen LogP contribution is -2.20. The Hall–Kier alpha value is -0.490. The average Bonchev–Trinajstić information content (AvgIpc) is 2.70. The number of rotatable bonds is 2. The summed E-state index contributed by atoms with van der Waals surface area (Å²) in [5.74, 6) is 0.749. The maximum atomic E-state index is 5.32. The topological polar surface area (TPSA) is 47.6 Å². The molecule has 1 aromatic rings. The molecule has 1 aliphatic heterocycles. The van der Waals surface area contributed by atoms with Crippen LogP contribution in [0.4, 0.5) is 0 Å². The highest BCUT2D eigenvalue weighted by Crippen LogP contribution is 2.36. The largest absolute Gasteiger partial charge is 0.389 e.